The van der Waals surface area contributed by atoms with Crippen molar-refractivity contribution in [2.45, 2.75) is 24.2 Å². The van der Waals surface area contributed by atoms with E-state index < -0.39 is 10.0 Å². The Balaban J connectivity index is 1.73. The number of carbonyl (C=O) groups is 1. The molecule has 0 atom stereocenters. The first kappa shape index (κ1) is 17.4. The van der Waals surface area contributed by atoms with Crippen molar-refractivity contribution < 1.29 is 17.9 Å². The highest BCUT2D eigenvalue weighted by Gasteiger charge is 2.24. The Morgan fingerprint density at radius 1 is 1.16 bits per heavy atom. The maximum Gasteiger partial charge on any atom is 0.241 e. The first-order valence-corrected chi connectivity index (χ1v) is 9.60. The molecule has 1 amide bonds. The molecule has 1 aliphatic rings. The maximum absolute atomic E-state index is 12.1. The second-order valence-electron chi connectivity index (χ2n) is 6.17. The van der Waals surface area contributed by atoms with Gasteiger partial charge in [-0.1, -0.05) is 30.3 Å². The SMILES string of the molecule is NS(=O)(=O)c1cc(NC(=O)Cc2ccccc2)ccc1OCC1CC1. The first-order chi connectivity index (χ1) is 11.9. The molecule has 132 valence electrons. The van der Waals surface area contributed by atoms with Crippen LogP contribution in [0.2, 0.25) is 0 Å². The number of primary sulfonamides is 1. The van der Waals surface area contributed by atoms with Crippen LogP contribution in [0.1, 0.15) is 18.4 Å². The zero-order valence-corrected chi connectivity index (χ0v) is 14.5. The third-order valence-electron chi connectivity index (χ3n) is 3.91. The van der Waals surface area contributed by atoms with E-state index in [2.05, 4.69) is 5.32 Å². The minimum Gasteiger partial charge on any atom is -0.492 e. The van der Waals surface area contributed by atoms with Gasteiger partial charge in [0.15, 0.2) is 0 Å². The Labute approximate surface area is 147 Å². The monoisotopic (exact) mass is 360 g/mol. The van der Waals surface area contributed by atoms with Crippen LogP contribution in [0.5, 0.6) is 5.75 Å². The highest BCUT2D eigenvalue weighted by molar-refractivity contribution is 7.89. The molecule has 0 radical (unpaired) electrons. The first-order valence-electron chi connectivity index (χ1n) is 8.05. The third-order valence-corrected chi connectivity index (χ3v) is 4.85. The minimum absolute atomic E-state index is 0.120. The van der Waals surface area contributed by atoms with Gasteiger partial charge in [-0.25, -0.2) is 13.6 Å². The highest BCUT2D eigenvalue weighted by atomic mass is 32.2. The van der Waals surface area contributed by atoms with Crippen molar-refractivity contribution in [1.29, 1.82) is 0 Å². The van der Waals surface area contributed by atoms with E-state index in [0.29, 0.717) is 18.2 Å². The van der Waals surface area contributed by atoms with Crippen LogP contribution in [0.25, 0.3) is 0 Å². The molecule has 2 aromatic carbocycles. The second kappa shape index (κ2) is 7.25. The number of sulfonamides is 1. The fourth-order valence-electron chi connectivity index (χ4n) is 2.41. The van der Waals surface area contributed by atoms with Gasteiger partial charge < -0.3 is 10.1 Å². The summed E-state index contributed by atoms with van der Waals surface area (Å²) < 4.78 is 29.2. The van der Waals surface area contributed by atoms with Crippen LogP contribution in [0.3, 0.4) is 0 Å². The summed E-state index contributed by atoms with van der Waals surface area (Å²) in [7, 11) is -3.95. The molecule has 0 aromatic heterocycles. The van der Waals surface area contributed by atoms with E-state index in [0.717, 1.165) is 18.4 Å². The number of carbonyl (C=O) groups excluding carboxylic acids is 1. The zero-order valence-electron chi connectivity index (χ0n) is 13.6. The lowest BCUT2D eigenvalue weighted by Gasteiger charge is -2.12. The summed E-state index contributed by atoms with van der Waals surface area (Å²) in [6.45, 7) is 0.474. The maximum atomic E-state index is 12.1. The summed E-state index contributed by atoms with van der Waals surface area (Å²) >= 11 is 0. The van der Waals surface area contributed by atoms with E-state index in [9.17, 15) is 13.2 Å². The Bertz CT molecular complexity index is 862. The smallest absolute Gasteiger partial charge is 0.241 e. The summed E-state index contributed by atoms with van der Waals surface area (Å²) in [5, 5.41) is 7.98. The number of nitrogens with one attached hydrogen (secondary N) is 1. The molecule has 0 unspecified atom stereocenters. The number of hydrogen-bond donors (Lipinski definition) is 2. The Kier molecular flexibility index (Phi) is 5.06. The molecular weight excluding hydrogens is 340 g/mol. The van der Waals surface area contributed by atoms with E-state index >= 15 is 0 Å². The van der Waals surface area contributed by atoms with Gasteiger partial charge in [0.05, 0.1) is 13.0 Å². The molecule has 7 heteroatoms. The topological polar surface area (TPSA) is 98.5 Å². The normalized spacial score (nSPS) is 14.1. The summed E-state index contributed by atoms with van der Waals surface area (Å²) in [6, 6.07) is 13.8. The molecule has 25 heavy (non-hydrogen) atoms. The van der Waals surface area contributed by atoms with E-state index in [1.54, 1.807) is 6.07 Å². The number of hydrogen-bond acceptors (Lipinski definition) is 4. The largest absolute Gasteiger partial charge is 0.492 e. The van der Waals surface area contributed by atoms with Gasteiger partial charge in [-0.3, -0.25) is 4.79 Å². The van der Waals surface area contributed by atoms with Crippen LogP contribution < -0.4 is 15.2 Å². The van der Waals surface area contributed by atoms with Gasteiger partial charge in [-0.15, -0.1) is 0 Å². The minimum atomic E-state index is -3.95. The highest BCUT2D eigenvalue weighted by Crippen LogP contribution is 2.32. The molecule has 0 aliphatic heterocycles. The lowest BCUT2D eigenvalue weighted by molar-refractivity contribution is -0.115. The van der Waals surface area contributed by atoms with E-state index in [1.807, 2.05) is 30.3 Å². The van der Waals surface area contributed by atoms with Gasteiger partial charge in [0.1, 0.15) is 10.6 Å². The van der Waals surface area contributed by atoms with Crippen LogP contribution in [-0.4, -0.2) is 20.9 Å². The Morgan fingerprint density at radius 3 is 2.52 bits per heavy atom. The van der Waals surface area contributed by atoms with Gasteiger partial charge in [-0.2, -0.15) is 0 Å². The van der Waals surface area contributed by atoms with Crippen molar-refractivity contribution in [3.63, 3.8) is 0 Å². The van der Waals surface area contributed by atoms with Crippen LogP contribution in [0.4, 0.5) is 5.69 Å². The molecule has 0 bridgehead atoms. The van der Waals surface area contributed by atoms with Crippen molar-refractivity contribution in [2.24, 2.45) is 11.1 Å². The summed E-state index contributed by atoms with van der Waals surface area (Å²) in [5.74, 6) is 0.465. The molecule has 3 rings (SSSR count). The molecular formula is C18H20N2O4S. The molecule has 6 nitrogen and oxygen atoms in total. The van der Waals surface area contributed by atoms with Gasteiger partial charge in [-0.05, 0) is 42.5 Å². The quantitative estimate of drug-likeness (QED) is 0.791. The number of nitrogens with two attached hydrogens (primary N) is 1. The van der Waals surface area contributed by atoms with E-state index in [1.165, 1.54) is 12.1 Å². The van der Waals surface area contributed by atoms with E-state index in [4.69, 9.17) is 9.88 Å². The number of rotatable bonds is 7. The average Bonchev–Trinajstić information content (AvgIpc) is 3.38. The lowest BCUT2D eigenvalue weighted by Crippen LogP contribution is -2.17. The number of amides is 1. The van der Waals surface area contributed by atoms with Crippen molar-refractivity contribution >= 4 is 21.6 Å². The number of anilines is 1. The molecule has 0 spiro atoms. The van der Waals surface area contributed by atoms with Gasteiger partial charge >= 0.3 is 0 Å². The molecule has 1 fully saturated rings. The molecule has 3 N–H and O–H groups in total. The molecule has 0 heterocycles. The molecule has 2 aromatic rings. The molecule has 1 aliphatic carbocycles. The lowest BCUT2D eigenvalue weighted by atomic mass is 10.1. The van der Waals surface area contributed by atoms with Crippen LogP contribution >= 0.6 is 0 Å². The fraction of sp³-hybridized carbons (Fsp3) is 0.278. The van der Waals surface area contributed by atoms with Crippen molar-refractivity contribution in [1.82, 2.24) is 0 Å². The summed E-state index contributed by atoms with van der Waals surface area (Å²) in [4.78, 5) is 12.0. The average molecular weight is 360 g/mol. The van der Waals surface area contributed by atoms with Crippen LogP contribution in [-0.2, 0) is 21.2 Å². The second-order valence-corrected chi connectivity index (χ2v) is 7.70. The summed E-state index contributed by atoms with van der Waals surface area (Å²) in [5.41, 5.74) is 1.24. The molecule has 1 saturated carbocycles. The third kappa shape index (κ3) is 5.04. The fourth-order valence-corrected chi connectivity index (χ4v) is 3.10. The predicted molar refractivity (Wildman–Crippen MR) is 94.8 cm³/mol. The van der Waals surface area contributed by atoms with E-state index in [-0.39, 0.29) is 23.0 Å². The van der Waals surface area contributed by atoms with Gasteiger partial charge in [0, 0.05) is 5.69 Å². The van der Waals surface area contributed by atoms with Crippen LogP contribution in [0.15, 0.2) is 53.4 Å². The standard InChI is InChI=1S/C18H20N2O4S/c19-25(22,23)17-11-15(8-9-16(17)24-12-14-6-7-14)20-18(21)10-13-4-2-1-3-5-13/h1-5,8-9,11,14H,6-7,10,12H2,(H,20,21)(H2,19,22,23). The van der Waals surface area contributed by atoms with Crippen LogP contribution in [0, 0.1) is 5.92 Å². The number of ether oxygens (including phenoxy) is 1. The Morgan fingerprint density at radius 2 is 1.88 bits per heavy atom. The Hall–Kier alpha value is -2.38. The number of benzene rings is 2. The van der Waals surface area contributed by atoms with Gasteiger partial charge in [0.25, 0.3) is 0 Å². The van der Waals surface area contributed by atoms with Crippen molar-refractivity contribution in [3.05, 3.63) is 54.1 Å². The predicted octanol–water partition coefficient (Wildman–Crippen LogP) is 2.30. The molecule has 0 saturated heterocycles. The van der Waals surface area contributed by atoms with Crippen molar-refractivity contribution in [3.8, 4) is 5.75 Å². The van der Waals surface area contributed by atoms with Gasteiger partial charge in [0.2, 0.25) is 15.9 Å². The van der Waals surface area contributed by atoms with Crippen molar-refractivity contribution in [2.75, 3.05) is 11.9 Å². The summed E-state index contributed by atoms with van der Waals surface area (Å²) in [6.07, 6.45) is 2.39. The zero-order chi connectivity index (χ0) is 17.9.